The van der Waals surface area contributed by atoms with Crippen molar-refractivity contribution in [1.29, 1.82) is 0 Å². The van der Waals surface area contributed by atoms with Crippen LogP contribution in [0, 0.1) is 4.77 Å². The number of hydrogen-bond acceptors (Lipinski definition) is 1. The number of imidazole rings is 1. The van der Waals surface area contributed by atoms with Crippen LogP contribution >= 0.6 is 12.2 Å². The highest BCUT2D eigenvalue weighted by molar-refractivity contribution is 7.71. The fraction of sp³-hybridized carbons (Fsp3) is 0.214. The van der Waals surface area contributed by atoms with Gasteiger partial charge in [0.15, 0.2) is 4.77 Å². The largest absolute Gasteiger partial charge is 0.331 e. The molecule has 0 saturated carbocycles. The third-order valence-electron chi connectivity index (χ3n) is 3.12. The molecule has 3 rings (SSSR count). The SMILES string of the molecule is CC(C)n1c(=S)[nH]c2ccc(-n3cccc3)cc21. The smallest absolute Gasteiger partial charge is 0.178 e. The summed E-state index contributed by atoms with van der Waals surface area (Å²) < 4.78 is 5.03. The van der Waals surface area contributed by atoms with Crippen LogP contribution in [0.5, 0.6) is 0 Å². The van der Waals surface area contributed by atoms with Crippen LogP contribution in [-0.2, 0) is 0 Å². The van der Waals surface area contributed by atoms with Gasteiger partial charge in [-0.25, -0.2) is 0 Å². The molecule has 92 valence electrons. The second-order valence-electron chi connectivity index (χ2n) is 4.69. The van der Waals surface area contributed by atoms with Crippen LogP contribution in [-0.4, -0.2) is 14.1 Å². The van der Waals surface area contributed by atoms with Gasteiger partial charge in [-0.1, -0.05) is 0 Å². The summed E-state index contributed by atoms with van der Waals surface area (Å²) in [6.07, 6.45) is 4.09. The maximum Gasteiger partial charge on any atom is 0.178 e. The minimum atomic E-state index is 0.353. The maximum atomic E-state index is 5.37. The van der Waals surface area contributed by atoms with Crippen molar-refractivity contribution in [1.82, 2.24) is 14.1 Å². The van der Waals surface area contributed by atoms with Gasteiger partial charge in [-0.05, 0) is 56.4 Å². The minimum absolute atomic E-state index is 0.353. The molecule has 0 amide bonds. The molecular weight excluding hydrogens is 242 g/mol. The predicted octanol–water partition coefficient (Wildman–Crippen LogP) is 4.07. The van der Waals surface area contributed by atoms with E-state index in [0.717, 1.165) is 21.5 Å². The van der Waals surface area contributed by atoms with Crippen molar-refractivity contribution in [2.45, 2.75) is 19.9 Å². The summed E-state index contributed by atoms with van der Waals surface area (Å²) in [5, 5.41) is 0. The average Bonchev–Trinajstić information content (AvgIpc) is 2.92. The molecule has 18 heavy (non-hydrogen) atoms. The van der Waals surface area contributed by atoms with Crippen molar-refractivity contribution in [3.8, 4) is 5.69 Å². The van der Waals surface area contributed by atoms with Crippen molar-refractivity contribution < 1.29 is 0 Å². The summed E-state index contributed by atoms with van der Waals surface area (Å²) in [6, 6.07) is 10.7. The topological polar surface area (TPSA) is 25.6 Å². The van der Waals surface area contributed by atoms with E-state index in [9.17, 15) is 0 Å². The Hall–Kier alpha value is -1.81. The third kappa shape index (κ3) is 1.69. The molecule has 0 atom stereocenters. The number of nitrogens with zero attached hydrogens (tertiary/aromatic N) is 2. The summed E-state index contributed by atoms with van der Waals surface area (Å²) in [5.41, 5.74) is 3.39. The molecule has 4 heteroatoms. The molecule has 3 aromatic rings. The Kier molecular flexibility index (Phi) is 2.59. The number of aromatic amines is 1. The molecule has 0 fully saturated rings. The van der Waals surface area contributed by atoms with Crippen molar-refractivity contribution in [2.75, 3.05) is 0 Å². The zero-order valence-electron chi connectivity index (χ0n) is 10.4. The fourth-order valence-corrected chi connectivity index (χ4v) is 2.71. The first-order chi connectivity index (χ1) is 8.66. The van der Waals surface area contributed by atoms with Gasteiger partial charge in [-0.2, -0.15) is 0 Å². The molecule has 0 saturated heterocycles. The first-order valence-electron chi connectivity index (χ1n) is 6.04. The minimum Gasteiger partial charge on any atom is -0.331 e. The van der Waals surface area contributed by atoms with E-state index in [1.54, 1.807) is 0 Å². The summed E-state index contributed by atoms with van der Waals surface area (Å²) in [7, 11) is 0. The number of H-pyrrole nitrogens is 1. The normalized spacial score (nSPS) is 11.5. The Labute approximate surface area is 111 Å². The summed E-state index contributed by atoms with van der Waals surface area (Å²) in [5.74, 6) is 0. The van der Waals surface area contributed by atoms with E-state index in [2.05, 4.69) is 46.2 Å². The van der Waals surface area contributed by atoms with Gasteiger partial charge in [0.25, 0.3) is 0 Å². The van der Waals surface area contributed by atoms with Crippen LogP contribution in [0.1, 0.15) is 19.9 Å². The van der Waals surface area contributed by atoms with E-state index >= 15 is 0 Å². The van der Waals surface area contributed by atoms with Crippen molar-refractivity contribution in [2.24, 2.45) is 0 Å². The molecule has 0 unspecified atom stereocenters. The standard InChI is InChI=1S/C14H15N3S/c1-10(2)17-13-9-11(16-7-3-4-8-16)5-6-12(13)15-14(17)18/h3-10H,1-2H3,(H,15,18). The van der Waals surface area contributed by atoms with Crippen LogP contribution < -0.4 is 0 Å². The number of hydrogen-bond donors (Lipinski definition) is 1. The zero-order valence-corrected chi connectivity index (χ0v) is 11.2. The monoisotopic (exact) mass is 257 g/mol. The fourth-order valence-electron chi connectivity index (χ4n) is 2.29. The molecule has 0 radical (unpaired) electrons. The Bertz CT molecular complexity index is 732. The molecule has 1 N–H and O–H groups in total. The van der Waals surface area contributed by atoms with Gasteiger partial charge in [0.2, 0.25) is 0 Å². The second-order valence-corrected chi connectivity index (χ2v) is 5.07. The van der Waals surface area contributed by atoms with Gasteiger partial charge in [0, 0.05) is 24.1 Å². The lowest BCUT2D eigenvalue weighted by molar-refractivity contribution is 0.610. The van der Waals surface area contributed by atoms with E-state index in [1.807, 2.05) is 24.5 Å². The van der Waals surface area contributed by atoms with E-state index in [1.165, 1.54) is 0 Å². The molecule has 3 nitrogen and oxygen atoms in total. The van der Waals surface area contributed by atoms with Crippen molar-refractivity contribution >= 4 is 23.3 Å². The van der Waals surface area contributed by atoms with E-state index in [4.69, 9.17) is 12.2 Å². The number of benzene rings is 1. The third-order valence-corrected chi connectivity index (χ3v) is 3.42. The molecule has 0 aliphatic heterocycles. The van der Waals surface area contributed by atoms with Crippen LogP contribution in [0.3, 0.4) is 0 Å². The van der Waals surface area contributed by atoms with Crippen LogP contribution in [0.25, 0.3) is 16.7 Å². The zero-order chi connectivity index (χ0) is 12.7. The highest BCUT2D eigenvalue weighted by Crippen LogP contribution is 2.22. The lowest BCUT2D eigenvalue weighted by Gasteiger charge is -2.09. The molecule has 0 spiro atoms. The number of rotatable bonds is 2. The van der Waals surface area contributed by atoms with Crippen LogP contribution in [0.15, 0.2) is 42.7 Å². The van der Waals surface area contributed by atoms with Gasteiger partial charge in [0.05, 0.1) is 11.0 Å². The lowest BCUT2D eigenvalue weighted by atomic mass is 10.2. The van der Waals surface area contributed by atoms with E-state index in [0.29, 0.717) is 6.04 Å². The lowest BCUT2D eigenvalue weighted by Crippen LogP contribution is -2.00. The number of aromatic nitrogens is 3. The average molecular weight is 257 g/mol. The highest BCUT2D eigenvalue weighted by Gasteiger charge is 2.08. The Morgan fingerprint density at radius 3 is 2.56 bits per heavy atom. The molecule has 0 aliphatic rings. The molecule has 2 aromatic heterocycles. The molecule has 1 aromatic carbocycles. The summed E-state index contributed by atoms with van der Waals surface area (Å²) in [6.45, 7) is 4.29. The Morgan fingerprint density at radius 2 is 1.89 bits per heavy atom. The van der Waals surface area contributed by atoms with Gasteiger partial charge >= 0.3 is 0 Å². The van der Waals surface area contributed by atoms with E-state index in [-0.39, 0.29) is 0 Å². The van der Waals surface area contributed by atoms with Gasteiger partial charge < -0.3 is 14.1 Å². The highest BCUT2D eigenvalue weighted by atomic mass is 32.1. The maximum absolute atomic E-state index is 5.37. The Balaban J connectivity index is 2.28. The summed E-state index contributed by atoms with van der Waals surface area (Å²) in [4.78, 5) is 3.25. The van der Waals surface area contributed by atoms with Crippen LogP contribution in [0.2, 0.25) is 0 Å². The predicted molar refractivity (Wildman–Crippen MR) is 76.8 cm³/mol. The first kappa shape index (κ1) is 11.3. The van der Waals surface area contributed by atoms with Crippen molar-refractivity contribution in [3.63, 3.8) is 0 Å². The van der Waals surface area contributed by atoms with Crippen LogP contribution in [0.4, 0.5) is 0 Å². The Morgan fingerprint density at radius 1 is 1.17 bits per heavy atom. The molecule has 2 heterocycles. The van der Waals surface area contributed by atoms with Gasteiger partial charge in [-0.3, -0.25) is 0 Å². The number of nitrogens with one attached hydrogen (secondary N) is 1. The van der Waals surface area contributed by atoms with Crippen molar-refractivity contribution in [3.05, 3.63) is 47.5 Å². The molecule has 0 aliphatic carbocycles. The first-order valence-corrected chi connectivity index (χ1v) is 6.45. The number of fused-ring (bicyclic) bond motifs is 1. The van der Waals surface area contributed by atoms with Gasteiger partial charge in [-0.15, -0.1) is 0 Å². The second kappa shape index (κ2) is 4.14. The molecule has 0 bridgehead atoms. The van der Waals surface area contributed by atoms with E-state index < -0.39 is 0 Å². The summed E-state index contributed by atoms with van der Waals surface area (Å²) >= 11 is 5.37. The quantitative estimate of drug-likeness (QED) is 0.688. The molecular formula is C14H15N3S. The van der Waals surface area contributed by atoms with Gasteiger partial charge in [0.1, 0.15) is 0 Å².